The normalized spacial score (nSPS) is 10.4. The summed E-state index contributed by atoms with van der Waals surface area (Å²) in [6.45, 7) is 2.82. The van der Waals surface area contributed by atoms with E-state index in [2.05, 4.69) is 25.7 Å². The molecule has 2 rings (SSSR count). The van der Waals surface area contributed by atoms with E-state index in [1.807, 2.05) is 44.3 Å². The Balaban J connectivity index is 1.93. The van der Waals surface area contributed by atoms with Crippen LogP contribution in [0.25, 0.3) is 0 Å². The van der Waals surface area contributed by atoms with Crippen molar-refractivity contribution in [1.29, 1.82) is 0 Å². The lowest BCUT2D eigenvalue weighted by molar-refractivity contribution is 0.767. The first-order valence-corrected chi connectivity index (χ1v) is 5.92. The highest BCUT2D eigenvalue weighted by Gasteiger charge is 2.02. The van der Waals surface area contributed by atoms with Gasteiger partial charge >= 0.3 is 0 Å². The van der Waals surface area contributed by atoms with Crippen LogP contribution < -0.4 is 10.6 Å². The van der Waals surface area contributed by atoms with Crippen molar-refractivity contribution < 1.29 is 0 Å². The highest BCUT2D eigenvalue weighted by Crippen LogP contribution is 2.12. The minimum Gasteiger partial charge on any atom is -0.369 e. The molecule has 96 valence electrons. The van der Waals surface area contributed by atoms with Crippen LogP contribution in [0.15, 0.2) is 18.6 Å². The Bertz CT molecular complexity index is 519. The minimum atomic E-state index is 0.629. The molecule has 0 bridgehead atoms. The number of aromatic nitrogens is 4. The summed E-state index contributed by atoms with van der Waals surface area (Å²) in [7, 11) is 3.73. The molecule has 0 saturated carbocycles. The molecule has 2 aromatic rings. The minimum absolute atomic E-state index is 0.629. The lowest BCUT2D eigenvalue weighted by atomic mass is 10.2. The van der Waals surface area contributed by atoms with E-state index >= 15 is 0 Å². The monoisotopic (exact) mass is 246 g/mol. The number of anilines is 2. The van der Waals surface area contributed by atoms with Gasteiger partial charge in [-0.1, -0.05) is 0 Å². The molecule has 0 spiro atoms. The molecule has 0 aromatic carbocycles. The van der Waals surface area contributed by atoms with Crippen molar-refractivity contribution in [3.05, 3.63) is 29.7 Å². The largest absolute Gasteiger partial charge is 0.369 e. The first kappa shape index (κ1) is 12.3. The number of hydrogen-bond donors (Lipinski definition) is 2. The lowest BCUT2D eigenvalue weighted by Crippen LogP contribution is -2.09. The van der Waals surface area contributed by atoms with Crippen LogP contribution in [-0.2, 0) is 13.5 Å². The van der Waals surface area contributed by atoms with Gasteiger partial charge in [-0.2, -0.15) is 10.1 Å². The molecule has 0 amide bonds. The van der Waals surface area contributed by atoms with Gasteiger partial charge in [0.25, 0.3) is 0 Å². The maximum Gasteiger partial charge on any atom is 0.224 e. The molecule has 0 aliphatic carbocycles. The van der Waals surface area contributed by atoms with Crippen molar-refractivity contribution in [3.8, 4) is 0 Å². The number of aryl methyl sites for hydroxylation is 2. The second-order valence-corrected chi connectivity index (χ2v) is 4.17. The summed E-state index contributed by atoms with van der Waals surface area (Å²) in [5.74, 6) is 1.50. The van der Waals surface area contributed by atoms with Crippen molar-refractivity contribution in [3.63, 3.8) is 0 Å². The van der Waals surface area contributed by atoms with Gasteiger partial charge in [0, 0.05) is 38.6 Å². The molecule has 0 aliphatic rings. The van der Waals surface area contributed by atoms with E-state index in [-0.39, 0.29) is 0 Å². The molecule has 2 N–H and O–H groups in total. The summed E-state index contributed by atoms with van der Waals surface area (Å²) >= 11 is 0. The Kier molecular flexibility index (Phi) is 3.76. The molecule has 2 heterocycles. The smallest absolute Gasteiger partial charge is 0.224 e. The molecule has 0 aliphatic heterocycles. The van der Waals surface area contributed by atoms with Gasteiger partial charge in [-0.15, -0.1) is 0 Å². The fraction of sp³-hybridized carbons (Fsp3) is 0.417. The maximum absolute atomic E-state index is 4.37. The molecule has 0 fully saturated rings. The van der Waals surface area contributed by atoms with E-state index in [9.17, 15) is 0 Å². The zero-order chi connectivity index (χ0) is 13.0. The van der Waals surface area contributed by atoms with Crippen LogP contribution in [0.3, 0.4) is 0 Å². The average molecular weight is 246 g/mol. The van der Waals surface area contributed by atoms with E-state index < -0.39 is 0 Å². The Labute approximate surface area is 106 Å². The van der Waals surface area contributed by atoms with E-state index in [1.54, 1.807) is 0 Å². The van der Waals surface area contributed by atoms with Crippen molar-refractivity contribution >= 4 is 11.8 Å². The van der Waals surface area contributed by atoms with Gasteiger partial charge < -0.3 is 10.6 Å². The Morgan fingerprint density at radius 2 is 2.17 bits per heavy atom. The van der Waals surface area contributed by atoms with Gasteiger partial charge in [-0.05, 0) is 18.9 Å². The zero-order valence-corrected chi connectivity index (χ0v) is 10.9. The number of rotatable bonds is 5. The van der Waals surface area contributed by atoms with Crippen molar-refractivity contribution in [2.45, 2.75) is 13.3 Å². The third kappa shape index (κ3) is 2.97. The van der Waals surface area contributed by atoms with E-state index in [1.165, 1.54) is 5.56 Å². The van der Waals surface area contributed by atoms with Crippen LogP contribution >= 0.6 is 0 Å². The summed E-state index contributed by atoms with van der Waals surface area (Å²) in [4.78, 5) is 8.52. The van der Waals surface area contributed by atoms with E-state index in [0.29, 0.717) is 5.95 Å². The first-order valence-electron chi connectivity index (χ1n) is 5.92. The summed E-state index contributed by atoms with van der Waals surface area (Å²) in [6.07, 6.45) is 6.64. The quantitative estimate of drug-likeness (QED) is 0.830. The molecule has 2 aromatic heterocycles. The van der Waals surface area contributed by atoms with Crippen LogP contribution in [-0.4, -0.2) is 33.3 Å². The molecule has 6 heteroatoms. The third-order valence-electron chi connectivity index (χ3n) is 2.66. The Hall–Kier alpha value is -2.11. The SMILES string of the molecule is CNc1ncc(C)c(NCCc2cnn(C)c2)n1. The van der Waals surface area contributed by atoms with Crippen LogP contribution in [0.4, 0.5) is 11.8 Å². The molecular weight excluding hydrogens is 228 g/mol. The average Bonchev–Trinajstić information content (AvgIpc) is 2.77. The van der Waals surface area contributed by atoms with Gasteiger partial charge in [-0.25, -0.2) is 4.98 Å². The van der Waals surface area contributed by atoms with Crippen LogP contribution in [0.5, 0.6) is 0 Å². The fourth-order valence-corrected chi connectivity index (χ4v) is 1.67. The summed E-state index contributed by atoms with van der Waals surface area (Å²) < 4.78 is 1.81. The predicted molar refractivity (Wildman–Crippen MR) is 71.7 cm³/mol. The summed E-state index contributed by atoms with van der Waals surface area (Å²) in [5, 5.41) is 10.4. The Morgan fingerprint density at radius 1 is 1.33 bits per heavy atom. The molecule has 0 atom stereocenters. The fourth-order valence-electron chi connectivity index (χ4n) is 1.67. The first-order chi connectivity index (χ1) is 8.69. The number of nitrogens with zero attached hydrogens (tertiary/aromatic N) is 4. The zero-order valence-electron chi connectivity index (χ0n) is 10.9. The second kappa shape index (κ2) is 5.48. The molecular formula is C12H18N6. The van der Waals surface area contributed by atoms with Crippen LogP contribution in [0, 0.1) is 6.92 Å². The second-order valence-electron chi connectivity index (χ2n) is 4.17. The van der Waals surface area contributed by atoms with Crippen molar-refractivity contribution in [2.24, 2.45) is 7.05 Å². The maximum atomic E-state index is 4.37. The number of nitrogens with one attached hydrogen (secondary N) is 2. The van der Waals surface area contributed by atoms with Crippen molar-refractivity contribution in [1.82, 2.24) is 19.7 Å². The molecule has 0 radical (unpaired) electrons. The van der Waals surface area contributed by atoms with Crippen LogP contribution in [0.1, 0.15) is 11.1 Å². The summed E-state index contributed by atoms with van der Waals surface area (Å²) in [5.41, 5.74) is 2.26. The van der Waals surface area contributed by atoms with Gasteiger partial charge in [0.05, 0.1) is 6.20 Å². The predicted octanol–water partition coefficient (Wildman–Crippen LogP) is 1.21. The van der Waals surface area contributed by atoms with E-state index in [4.69, 9.17) is 0 Å². The Morgan fingerprint density at radius 3 is 2.83 bits per heavy atom. The summed E-state index contributed by atoms with van der Waals surface area (Å²) in [6, 6.07) is 0. The molecule has 6 nitrogen and oxygen atoms in total. The number of hydrogen-bond acceptors (Lipinski definition) is 5. The molecule has 0 saturated heterocycles. The van der Waals surface area contributed by atoms with Crippen LogP contribution in [0.2, 0.25) is 0 Å². The van der Waals surface area contributed by atoms with Gasteiger partial charge in [0.2, 0.25) is 5.95 Å². The lowest BCUT2D eigenvalue weighted by Gasteiger charge is -2.08. The van der Waals surface area contributed by atoms with Gasteiger partial charge in [0.1, 0.15) is 5.82 Å². The molecule has 0 unspecified atom stereocenters. The standard InChI is InChI=1S/C12H18N6/c1-9-6-15-12(13-2)17-11(9)14-5-4-10-7-16-18(3)8-10/h6-8H,4-5H2,1-3H3,(H2,13,14,15,17). The van der Waals surface area contributed by atoms with Gasteiger partial charge in [-0.3, -0.25) is 4.68 Å². The van der Waals surface area contributed by atoms with E-state index in [0.717, 1.165) is 24.3 Å². The van der Waals surface area contributed by atoms with Gasteiger partial charge in [0.15, 0.2) is 0 Å². The molecule has 18 heavy (non-hydrogen) atoms. The topological polar surface area (TPSA) is 67.7 Å². The highest BCUT2D eigenvalue weighted by atomic mass is 15.2. The van der Waals surface area contributed by atoms with Crippen molar-refractivity contribution in [2.75, 3.05) is 24.2 Å². The highest BCUT2D eigenvalue weighted by molar-refractivity contribution is 5.46. The third-order valence-corrected chi connectivity index (χ3v) is 2.66.